The largest absolute Gasteiger partial charge is 0.406 e. The summed E-state index contributed by atoms with van der Waals surface area (Å²) in [5, 5.41) is 11.4. The van der Waals surface area contributed by atoms with Crippen molar-refractivity contribution in [3.63, 3.8) is 0 Å². The van der Waals surface area contributed by atoms with Gasteiger partial charge in [0.2, 0.25) is 5.91 Å². The van der Waals surface area contributed by atoms with Gasteiger partial charge in [-0.2, -0.15) is 13.2 Å². The first-order chi connectivity index (χ1) is 17.6. The van der Waals surface area contributed by atoms with Crippen molar-refractivity contribution < 1.29 is 22.8 Å². The minimum atomic E-state index is -4.41. The predicted molar refractivity (Wildman–Crippen MR) is 142 cm³/mol. The monoisotopic (exact) mass is 537 g/mol. The van der Waals surface area contributed by atoms with Crippen LogP contribution in [0.2, 0.25) is 0 Å². The third kappa shape index (κ3) is 9.53. The normalized spacial score (nSPS) is 20.5. The Balaban J connectivity index is 0.00000161. The average molecular weight is 538 g/mol. The van der Waals surface area contributed by atoms with E-state index in [1.807, 2.05) is 37.9 Å². The van der Waals surface area contributed by atoms with E-state index < -0.39 is 24.6 Å². The van der Waals surface area contributed by atoms with Crippen molar-refractivity contribution in [2.75, 3.05) is 20.1 Å². The number of nitrogens with zero attached hydrogens (tertiary/aromatic N) is 4. The Morgan fingerprint density at radius 3 is 2.42 bits per heavy atom. The summed E-state index contributed by atoms with van der Waals surface area (Å²) >= 11 is 0. The van der Waals surface area contributed by atoms with Crippen molar-refractivity contribution in [3.8, 4) is 0 Å². The standard InChI is InChI=1S/C26H38F3N5O.C2H4O/c1-17-9-7-10-21(18(2)13-17)30-24(35)20-15-33(6)14-19(20)23-32-31-22(11-8-12-25(3,4)5)34(23)16-26(27,28)29;1-2-3/h9-10,13,19-20H,7-8,11-12,14-16H2,1-6H3,(H,30,35);2H,1H3/t19-,20?;/m0./s1. The average Bonchev–Trinajstić information content (AvgIpc) is 3.29. The highest BCUT2D eigenvalue weighted by Gasteiger charge is 2.42. The van der Waals surface area contributed by atoms with Crippen LogP contribution in [0, 0.1) is 11.3 Å². The van der Waals surface area contributed by atoms with E-state index in [0.29, 0.717) is 31.8 Å². The van der Waals surface area contributed by atoms with Gasteiger partial charge in [0.1, 0.15) is 24.5 Å². The Kier molecular flexibility index (Phi) is 11.1. The van der Waals surface area contributed by atoms with Gasteiger partial charge in [-0.15, -0.1) is 10.2 Å². The molecule has 0 aromatic carbocycles. The lowest BCUT2D eigenvalue weighted by Crippen LogP contribution is -2.35. The Morgan fingerprint density at radius 1 is 1.16 bits per heavy atom. The lowest BCUT2D eigenvalue weighted by Gasteiger charge is -2.21. The molecular weight excluding hydrogens is 495 g/mol. The van der Waals surface area contributed by atoms with E-state index in [0.717, 1.165) is 36.0 Å². The maximum absolute atomic E-state index is 13.5. The fourth-order valence-electron chi connectivity index (χ4n) is 4.84. The molecule has 1 unspecified atom stereocenters. The van der Waals surface area contributed by atoms with E-state index in [1.165, 1.54) is 11.5 Å². The van der Waals surface area contributed by atoms with Crippen molar-refractivity contribution in [2.24, 2.45) is 11.3 Å². The molecule has 0 spiro atoms. The van der Waals surface area contributed by atoms with E-state index in [4.69, 9.17) is 4.79 Å². The van der Waals surface area contributed by atoms with Crippen LogP contribution in [-0.2, 0) is 22.6 Å². The van der Waals surface area contributed by atoms with Crippen LogP contribution in [0.15, 0.2) is 35.1 Å². The van der Waals surface area contributed by atoms with Crippen LogP contribution in [0.25, 0.3) is 0 Å². The molecule has 1 aromatic rings. The Bertz CT molecular complexity index is 1060. The summed E-state index contributed by atoms with van der Waals surface area (Å²) < 4.78 is 41.8. The number of carbonyl (C=O) groups excluding carboxylic acids is 2. The number of nitrogens with one attached hydrogen (secondary N) is 1. The van der Waals surface area contributed by atoms with E-state index >= 15 is 0 Å². The quantitative estimate of drug-likeness (QED) is 0.474. The lowest BCUT2D eigenvalue weighted by molar-refractivity contribution is -0.141. The highest BCUT2D eigenvalue weighted by Crippen LogP contribution is 2.34. The van der Waals surface area contributed by atoms with Gasteiger partial charge in [-0.05, 0) is 58.1 Å². The number of hydrogen-bond acceptors (Lipinski definition) is 5. The molecule has 2 atom stereocenters. The molecule has 0 saturated carbocycles. The number of aldehydes is 1. The van der Waals surface area contributed by atoms with Crippen LogP contribution in [-0.4, -0.2) is 58.2 Å². The Morgan fingerprint density at radius 2 is 1.82 bits per heavy atom. The van der Waals surface area contributed by atoms with Gasteiger partial charge in [0.25, 0.3) is 0 Å². The van der Waals surface area contributed by atoms with Gasteiger partial charge in [-0.1, -0.05) is 44.6 Å². The van der Waals surface area contributed by atoms with E-state index in [-0.39, 0.29) is 17.1 Å². The summed E-state index contributed by atoms with van der Waals surface area (Å²) in [6.07, 6.45) is 5.13. The molecule has 3 rings (SSSR count). The number of halogens is 3. The number of alkyl halides is 3. The Labute approximate surface area is 224 Å². The van der Waals surface area contributed by atoms with E-state index in [9.17, 15) is 18.0 Å². The highest BCUT2D eigenvalue weighted by molar-refractivity contribution is 5.82. The first kappa shape index (κ1) is 31.5. The first-order valence-electron chi connectivity index (χ1n) is 13.1. The summed E-state index contributed by atoms with van der Waals surface area (Å²) in [6, 6.07) is 0. The zero-order chi connectivity index (χ0) is 28.7. The minimum Gasteiger partial charge on any atom is -0.326 e. The van der Waals surface area contributed by atoms with Gasteiger partial charge in [0.15, 0.2) is 0 Å². The third-order valence-corrected chi connectivity index (χ3v) is 6.58. The molecule has 1 N–H and O–H groups in total. The zero-order valence-corrected chi connectivity index (χ0v) is 23.7. The van der Waals surface area contributed by atoms with Gasteiger partial charge in [-0.3, -0.25) is 4.79 Å². The molecule has 212 valence electrons. The smallest absolute Gasteiger partial charge is 0.326 e. The fraction of sp³-hybridized carbons (Fsp3) is 0.643. The maximum Gasteiger partial charge on any atom is 0.406 e. The Hall–Kier alpha value is -2.75. The molecule has 38 heavy (non-hydrogen) atoms. The van der Waals surface area contributed by atoms with Crippen LogP contribution >= 0.6 is 0 Å². The second kappa shape index (κ2) is 13.4. The molecular formula is C28H42F3N5O2. The molecule has 1 aliphatic heterocycles. The van der Waals surface area contributed by atoms with Gasteiger partial charge in [0, 0.05) is 31.1 Å². The number of likely N-dealkylation sites (tertiary alicyclic amines) is 1. The summed E-state index contributed by atoms with van der Waals surface area (Å²) in [5.74, 6) is -0.612. The molecule has 10 heteroatoms. The van der Waals surface area contributed by atoms with Crippen LogP contribution in [0.4, 0.5) is 13.2 Å². The number of amides is 1. The molecule has 1 saturated heterocycles. The molecule has 7 nitrogen and oxygen atoms in total. The highest BCUT2D eigenvalue weighted by atomic mass is 19.4. The van der Waals surface area contributed by atoms with Crippen LogP contribution in [0.3, 0.4) is 0 Å². The topological polar surface area (TPSA) is 80.1 Å². The van der Waals surface area contributed by atoms with Crippen molar-refractivity contribution in [2.45, 2.75) is 85.9 Å². The number of aromatic nitrogens is 3. The molecule has 1 fully saturated rings. The van der Waals surface area contributed by atoms with Crippen molar-refractivity contribution >= 4 is 12.2 Å². The molecule has 1 aliphatic carbocycles. The second-order valence-electron chi connectivity index (χ2n) is 11.4. The molecule has 2 heterocycles. The van der Waals surface area contributed by atoms with Crippen LogP contribution < -0.4 is 5.32 Å². The second-order valence-corrected chi connectivity index (χ2v) is 11.4. The maximum atomic E-state index is 13.5. The molecule has 2 aliphatic rings. The summed E-state index contributed by atoms with van der Waals surface area (Å²) in [5.41, 5.74) is 2.91. The van der Waals surface area contributed by atoms with E-state index in [2.05, 4.69) is 42.4 Å². The first-order valence-corrected chi connectivity index (χ1v) is 13.1. The van der Waals surface area contributed by atoms with Gasteiger partial charge < -0.3 is 19.6 Å². The van der Waals surface area contributed by atoms with Gasteiger partial charge in [0.05, 0.1) is 5.92 Å². The minimum absolute atomic E-state index is 0.0857. The van der Waals surface area contributed by atoms with Crippen molar-refractivity contribution in [1.82, 2.24) is 25.0 Å². The number of rotatable bonds is 7. The van der Waals surface area contributed by atoms with Crippen LogP contribution in [0.5, 0.6) is 0 Å². The number of hydrogen-bond donors (Lipinski definition) is 1. The third-order valence-electron chi connectivity index (χ3n) is 6.58. The molecule has 1 amide bonds. The van der Waals surface area contributed by atoms with E-state index in [1.54, 1.807) is 0 Å². The fourth-order valence-corrected chi connectivity index (χ4v) is 4.84. The van der Waals surface area contributed by atoms with Gasteiger partial charge >= 0.3 is 6.18 Å². The summed E-state index contributed by atoms with van der Waals surface area (Å²) in [7, 11) is 1.87. The van der Waals surface area contributed by atoms with Crippen LogP contribution in [0.1, 0.15) is 78.4 Å². The SMILES string of the molecule is CC1=CCC=C(NC(=O)C2CN(C)C[C@@H]2c2nnc(CCCC(C)(C)C)n2CC(F)(F)F)C(C)=C1.CC=O. The summed E-state index contributed by atoms with van der Waals surface area (Å²) in [4.78, 5) is 24.1. The van der Waals surface area contributed by atoms with Crippen molar-refractivity contribution in [3.05, 3.63) is 46.7 Å². The number of aryl methyl sites for hydroxylation is 1. The lowest BCUT2D eigenvalue weighted by atomic mass is 9.90. The van der Waals surface area contributed by atoms with Gasteiger partial charge in [-0.25, -0.2) is 0 Å². The summed E-state index contributed by atoms with van der Waals surface area (Å²) in [6.45, 7) is 11.5. The van der Waals surface area contributed by atoms with Crippen molar-refractivity contribution in [1.29, 1.82) is 0 Å². The number of allylic oxidation sites excluding steroid dienone is 5. The predicted octanol–water partition coefficient (Wildman–Crippen LogP) is 5.36. The molecule has 0 radical (unpaired) electrons. The molecule has 1 aromatic heterocycles. The zero-order valence-electron chi connectivity index (χ0n) is 23.7. The number of likely N-dealkylation sites (N-methyl/N-ethyl adjacent to an activating group) is 1. The molecule has 0 bridgehead atoms. The number of carbonyl (C=O) groups is 2.